The Labute approximate surface area is 254 Å². The van der Waals surface area contributed by atoms with Gasteiger partial charge in [-0.25, -0.2) is 9.59 Å². The van der Waals surface area contributed by atoms with Crippen LogP contribution in [-0.4, -0.2) is 65.3 Å². The number of thiol groups is 2. The largest absolute Gasteiger partial charge is 0.513 e. The van der Waals surface area contributed by atoms with Crippen molar-refractivity contribution in [2.45, 2.75) is 57.0 Å². The van der Waals surface area contributed by atoms with E-state index in [0.29, 0.717) is 44.1 Å². The second-order valence-corrected chi connectivity index (χ2v) is 13.2. The lowest BCUT2D eigenvalue weighted by molar-refractivity contribution is 0.0962. The molecule has 1 aliphatic rings. The highest BCUT2D eigenvalue weighted by atomic mass is 35.5. The van der Waals surface area contributed by atoms with E-state index in [1.165, 1.54) is 0 Å². The average molecular weight is 610 g/mol. The van der Waals surface area contributed by atoms with Crippen molar-refractivity contribution in [3.8, 4) is 5.75 Å². The molecule has 0 saturated carbocycles. The highest BCUT2D eigenvalue weighted by molar-refractivity contribution is 7.81. The summed E-state index contributed by atoms with van der Waals surface area (Å²) in [5.41, 5.74) is 2.79. The Kier molecular flexibility index (Phi) is 12.5. The van der Waals surface area contributed by atoms with Crippen molar-refractivity contribution in [3.05, 3.63) is 54.1 Å². The van der Waals surface area contributed by atoms with Gasteiger partial charge < -0.3 is 19.1 Å². The number of amides is 1. The van der Waals surface area contributed by atoms with E-state index in [1.54, 1.807) is 23.1 Å². The minimum Gasteiger partial charge on any atom is -0.449 e. The molecule has 8 nitrogen and oxygen atoms in total. The monoisotopic (exact) mass is 609 g/mol. The molecule has 2 aromatic rings. The van der Waals surface area contributed by atoms with Gasteiger partial charge in [0.2, 0.25) is 0 Å². The quantitative estimate of drug-likeness (QED) is 0.160. The Hall–Kier alpha value is -2.56. The molecule has 3 rings (SSSR count). The summed E-state index contributed by atoms with van der Waals surface area (Å²) in [6.45, 7) is 11.6. The van der Waals surface area contributed by atoms with Crippen molar-refractivity contribution >= 4 is 67.1 Å². The van der Waals surface area contributed by atoms with Crippen LogP contribution in [0.15, 0.2) is 53.5 Å². The van der Waals surface area contributed by atoms with Gasteiger partial charge in [0.15, 0.2) is 0 Å². The van der Waals surface area contributed by atoms with E-state index in [9.17, 15) is 9.59 Å². The number of rotatable bonds is 11. The molecule has 0 fully saturated rings. The van der Waals surface area contributed by atoms with Gasteiger partial charge in [0.05, 0.1) is 32.8 Å². The molecule has 2 aromatic carbocycles. The van der Waals surface area contributed by atoms with Crippen LogP contribution < -0.4 is 9.64 Å². The first-order valence-corrected chi connectivity index (χ1v) is 13.9. The Morgan fingerprint density at radius 2 is 1.57 bits per heavy atom. The third-order valence-electron chi connectivity index (χ3n) is 6.00. The van der Waals surface area contributed by atoms with Crippen molar-refractivity contribution in [2.75, 3.05) is 37.7 Å². The van der Waals surface area contributed by atoms with E-state index in [2.05, 4.69) is 30.2 Å². The fourth-order valence-electron chi connectivity index (χ4n) is 3.71. The third kappa shape index (κ3) is 11.1. The number of aryl methyl sites for hydroxylation is 1. The van der Waals surface area contributed by atoms with Crippen LogP contribution >= 0.6 is 37.7 Å². The first-order valence-electron chi connectivity index (χ1n) is 13.0. The summed E-state index contributed by atoms with van der Waals surface area (Å²) in [6, 6.07) is 15.2. The van der Waals surface area contributed by atoms with E-state index in [4.69, 9.17) is 14.2 Å². The van der Waals surface area contributed by atoms with Crippen LogP contribution in [0.1, 0.15) is 46.1 Å². The van der Waals surface area contributed by atoms with Crippen LogP contribution in [0, 0.1) is 6.92 Å². The van der Waals surface area contributed by atoms with E-state index < -0.39 is 12.2 Å². The highest BCUT2D eigenvalue weighted by Gasteiger charge is 2.28. The molecule has 0 radical (unpaired) electrons. The topological polar surface area (TPSA) is 80.7 Å². The maximum atomic E-state index is 12.9. The van der Waals surface area contributed by atoms with Crippen LogP contribution in [-0.2, 0) is 9.47 Å². The summed E-state index contributed by atoms with van der Waals surface area (Å²) in [7, 11) is 0. The van der Waals surface area contributed by atoms with Crippen LogP contribution in [0.5, 0.6) is 5.75 Å². The van der Waals surface area contributed by atoms with Crippen molar-refractivity contribution in [3.63, 3.8) is 0 Å². The van der Waals surface area contributed by atoms with Gasteiger partial charge in [-0.05, 0) is 44.0 Å². The zero-order valence-corrected chi connectivity index (χ0v) is 26.4. The van der Waals surface area contributed by atoms with E-state index >= 15 is 0 Å². The molecule has 0 N–H and O–H groups in total. The molecule has 0 aromatic heterocycles. The van der Waals surface area contributed by atoms with E-state index in [0.717, 1.165) is 16.9 Å². The fraction of sp³-hybridized carbons (Fsp3) is 0.483. The molecule has 1 aliphatic heterocycles. The van der Waals surface area contributed by atoms with Crippen LogP contribution in [0.4, 0.5) is 21.0 Å². The summed E-state index contributed by atoms with van der Waals surface area (Å²) >= 11 is 8.94. The molecule has 220 valence electrons. The normalized spacial score (nSPS) is 13.3. The number of halogens is 1. The smallest absolute Gasteiger partial charge is 0.449 e. The number of aliphatic imine (C=N–C) groups is 1. The molecular formula is C29H40ClN3O5S2. The minimum atomic E-state index is -0.773. The van der Waals surface area contributed by atoms with Gasteiger partial charge in [0, 0.05) is 26.9 Å². The lowest BCUT2D eigenvalue weighted by Gasteiger charge is -2.28. The van der Waals surface area contributed by atoms with Gasteiger partial charge >= 0.3 is 12.2 Å². The number of hydrogen-bond donors (Lipinski definition) is 2. The van der Waals surface area contributed by atoms with Crippen molar-refractivity contribution in [2.24, 2.45) is 4.99 Å². The van der Waals surface area contributed by atoms with Crippen molar-refractivity contribution < 1.29 is 23.8 Å². The average Bonchev–Trinajstić information content (AvgIpc) is 3.30. The number of ether oxygens (including phenoxy) is 3. The molecule has 0 spiro atoms. The summed E-state index contributed by atoms with van der Waals surface area (Å²) in [6.07, 6.45) is 0.0427. The zero-order valence-electron chi connectivity index (χ0n) is 23.8. The Morgan fingerprint density at radius 1 is 0.950 bits per heavy atom. The molecule has 11 heteroatoms. The first kappa shape index (κ1) is 33.6. The summed E-state index contributed by atoms with van der Waals surface area (Å²) in [5.74, 6) is 0.949. The predicted octanol–water partition coefficient (Wildman–Crippen LogP) is 7.12. The van der Waals surface area contributed by atoms with Gasteiger partial charge in [0.1, 0.15) is 11.6 Å². The minimum absolute atomic E-state index is 0. The second kappa shape index (κ2) is 14.9. The number of anilines is 2. The fourth-order valence-corrected chi connectivity index (χ4v) is 3.90. The van der Waals surface area contributed by atoms with E-state index in [-0.39, 0.29) is 35.1 Å². The zero-order chi connectivity index (χ0) is 28.6. The van der Waals surface area contributed by atoms with Crippen molar-refractivity contribution in [1.29, 1.82) is 0 Å². The summed E-state index contributed by atoms with van der Waals surface area (Å²) < 4.78 is 15.7. The SMILES string of the molecule is Cc1ccc(N(CC2=NCCN2C(=O)OCCC(C)(C)S)c2cccc(OC(=O)OCCC(C)(C)S)c2)cc1.Cl. The van der Waals surface area contributed by atoms with Gasteiger partial charge in [-0.15, -0.1) is 12.4 Å². The standard InChI is InChI=1S/C29H39N3O5S2.ClH/c1-21-9-11-22(12-10-21)32(20-25-30-15-16-31(25)26(33)35-17-13-28(2,3)38)23-7-6-8-24(19-23)37-27(34)36-18-14-29(4,5)39;/h6-12,19,38-39H,13-18,20H2,1-5H3;1H. The molecule has 1 heterocycles. The van der Waals surface area contributed by atoms with E-state index in [1.807, 2.05) is 69.9 Å². The van der Waals surface area contributed by atoms with Crippen LogP contribution in [0.3, 0.4) is 0 Å². The Morgan fingerprint density at radius 3 is 2.20 bits per heavy atom. The first-order chi connectivity index (χ1) is 18.3. The number of nitrogens with zero attached hydrogens (tertiary/aromatic N) is 3. The Balaban J connectivity index is 0.00000560. The molecule has 0 unspecified atom stereocenters. The lowest BCUT2D eigenvalue weighted by atomic mass is 10.1. The number of carbonyl (C=O) groups is 2. The third-order valence-corrected chi connectivity index (χ3v) is 6.45. The molecule has 0 atom stereocenters. The summed E-state index contributed by atoms with van der Waals surface area (Å²) in [5, 5.41) is 0. The van der Waals surface area contributed by atoms with Crippen LogP contribution in [0.2, 0.25) is 0 Å². The van der Waals surface area contributed by atoms with Crippen molar-refractivity contribution in [1.82, 2.24) is 4.90 Å². The molecule has 0 saturated heterocycles. The number of benzene rings is 2. The molecule has 1 amide bonds. The number of amidine groups is 1. The Bertz CT molecular complexity index is 1160. The predicted molar refractivity (Wildman–Crippen MR) is 170 cm³/mol. The maximum absolute atomic E-state index is 12.9. The highest BCUT2D eigenvalue weighted by Crippen LogP contribution is 2.30. The summed E-state index contributed by atoms with van der Waals surface area (Å²) in [4.78, 5) is 33.3. The number of carbonyl (C=O) groups excluding carboxylic acids is 2. The lowest BCUT2D eigenvalue weighted by Crippen LogP contribution is -2.41. The molecular weight excluding hydrogens is 570 g/mol. The molecule has 0 bridgehead atoms. The van der Waals surface area contributed by atoms with Gasteiger partial charge in [0.25, 0.3) is 0 Å². The second-order valence-electron chi connectivity index (χ2n) is 10.8. The van der Waals surface area contributed by atoms with Crippen LogP contribution in [0.25, 0.3) is 0 Å². The molecule has 40 heavy (non-hydrogen) atoms. The number of hydrogen-bond acceptors (Lipinski definition) is 9. The van der Waals surface area contributed by atoms with Gasteiger partial charge in [-0.2, -0.15) is 25.3 Å². The van der Waals surface area contributed by atoms with Gasteiger partial charge in [-0.3, -0.25) is 9.89 Å². The molecule has 0 aliphatic carbocycles. The van der Waals surface area contributed by atoms with Gasteiger partial charge in [-0.1, -0.05) is 51.5 Å². The maximum Gasteiger partial charge on any atom is 0.513 e.